The van der Waals surface area contributed by atoms with Crippen molar-refractivity contribution >= 4 is 44.5 Å². The number of fused-ring (bicyclic) bond motifs is 1. The van der Waals surface area contributed by atoms with E-state index in [1.807, 2.05) is 72.8 Å². The van der Waals surface area contributed by atoms with Gasteiger partial charge in [0.1, 0.15) is 12.4 Å². The summed E-state index contributed by atoms with van der Waals surface area (Å²) in [7, 11) is 0. The third kappa shape index (κ3) is 4.64. The minimum Gasteiger partial charge on any atom is -0.489 e. The molecule has 0 fully saturated rings. The van der Waals surface area contributed by atoms with Crippen LogP contribution in [-0.4, -0.2) is 11.2 Å². The summed E-state index contributed by atoms with van der Waals surface area (Å²) in [6.45, 7) is 0.504. The monoisotopic (exact) mass is 393 g/mol. The van der Waals surface area contributed by atoms with Gasteiger partial charge >= 0.3 is 0 Å². The quantitative estimate of drug-likeness (QED) is 0.324. The van der Waals surface area contributed by atoms with Gasteiger partial charge in [0.15, 0.2) is 0 Å². The van der Waals surface area contributed by atoms with Crippen LogP contribution in [0.3, 0.4) is 0 Å². The second-order valence-corrected chi connectivity index (χ2v) is 7.31. The molecule has 6 heteroatoms. The van der Waals surface area contributed by atoms with Gasteiger partial charge in [-0.3, -0.25) is 5.43 Å². The largest absolute Gasteiger partial charge is 0.489 e. The molecular weight excluding hydrogens is 378 g/mol. The number of hydrazone groups is 1. The number of thiazole rings is 1. The van der Waals surface area contributed by atoms with Gasteiger partial charge in [0.05, 0.1) is 16.4 Å². The zero-order chi connectivity index (χ0) is 18.5. The molecule has 0 aliphatic heterocycles. The van der Waals surface area contributed by atoms with Crippen LogP contribution < -0.4 is 10.2 Å². The molecule has 0 radical (unpaired) electrons. The van der Waals surface area contributed by atoms with E-state index in [1.165, 1.54) is 0 Å². The number of nitrogens with one attached hydrogen (secondary N) is 1. The maximum Gasteiger partial charge on any atom is 0.204 e. The van der Waals surface area contributed by atoms with Crippen LogP contribution in [0, 0.1) is 0 Å². The predicted octanol–water partition coefficient (Wildman–Crippen LogP) is 5.97. The lowest BCUT2D eigenvalue weighted by molar-refractivity contribution is 0.306. The Morgan fingerprint density at radius 1 is 1.00 bits per heavy atom. The lowest BCUT2D eigenvalue weighted by atomic mass is 10.2. The first-order valence-electron chi connectivity index (χ1n) is 8.38. The summed E-state index contributed by atoms with van der Waals surface area (Å²) in [6, 6.07) is 23.4. The first kappa shape index (κ1) is 17.5. The van der Waals surface area contributed by atoms with E-state index in [2.05, 4.69) is 15.5 Å². The summed E-state index contributed by atoms with van der Waals surface area (Å²) < 4.78 is 6.92. The Morgan fingerprint density at radius 3 is 2.56 bits per heavy atom. The van der Waals surface area contributed by atoms with Crippen molar-refractivity contribution in [2.24, 2.45) is 5.10 Å². The van der Waals surface area contributed by atoms with Gasteiger partial charge in [0.2, 0.25) is 5.13 Å². The fraction of sp³-hybridized carbons (Fsp3) is 0.0476. The van der Waals surface area contributed by atoms with Crippen LogP contribution in [0.15, 0.2) is 77.9 Å². The molecule has 0 bridgehead atoms. The molecule has 4 rings (SSSR count). The van der Waals surface area contributed by atoms with E-state index < -0.39 is 0 Å². The SMILES string of the molecule is Clc1ccc(COc2ccc(/C=N\Nc3nc4ccccc4s3)cc2)cc1. The van der Waals surface area contributed by atoms with Crippen molar-refractivity contribution in [1.82, 2.24) is 4.98 Å². The third-order valence-corrected chi connectivity index (χ3v) is 5.06. The van der Waals surface area contributed by atoms with Gasteiger partial charge in [0.25, 0.3) is 0 Å². The molecule has 0 saturated carbocycles. The minimum absolute atomic E-state index is 0.504. The van der Waals surface area contributed by atoms with Crippen LogP contribution in [0.25, 0.3) is 10.2 Å². The topological polar surface area (TPSA) is 46.5 Å². The lowest BCUT2D eigenvalue weighted by Crippen LogP contribution is -1.95. The van der Waals surface area contributed by atoms with Crippen molar-refractivity contribution in [1.29, 1.82) is 0 Å². The number of anilines is 1. The molecule has 0 spiro atoms. The highest BCUT2D eigenvalue weighted by atomic mass is 35.5. The molecule has 0 aliphatic carbocycles. The number of rotatable bonds is 6. The first-order chi connectivity index (χ1) is 13.3. The summed E-state index contributed by atoms with van der Waals surface area (Å²) in [4.78, 5) is 4.48. The Bertz CT molecular complexity index is 1030. The lowest BCUT2D eigenvalue weighted by Gasteiger charge is -2.06. The molecule has 1 heterocycles. The molecule has 27 heavy (non-hydrogen) atoms. The van der Waals surface area contributed by atoms with Gasteiger partial charge in [0, 0.05) is 5.02 Å². The van der Waals surface area contributed by atoms with E-state index in [0.717, 1.165) is 37.2 Å². The Balaban J connectivity index is 1.33. The van der Waals surface area contributed by atoms with Gasteiger partial charge in [-0.05, 0) is 59.7 Å². The van der Waals surface area contributed by atoms with E-state index in [0.29, 0.717) is 6.61 Å². The molecule has 0 saturated heterocycles. The highest BCUT2D eigenvalue weighted by Crippen LogP contribution is 2.25. The number of ether oxygens (including phenoxy) is 1. The van der Waals surface area contributed by atoms with E-state index in [4.69, 9.17) is 16.3 Å². The Morgan fingerprint density at radius 2 is 1.78 bits per heavy atom. The molecule has 4 aromatic rings. The van der Waals surface area contributed by atoms with Crippen LogP contribution >= 0.6 is 22.9 Å². The van der Waals surface area contributed by atoms with Crippen LogP contribution in [-0.2, 0) is 6.61 Å². The van der Waals surface area contributed by atoms with Crippen LogP contribution in [0.2, 0.25) is 5.02 Å². The Kier molecular flexibility index (Phi) is 5.32. The fourth-order valence-electron chi connectivity index (χ4n) is 2.48. The van der Waals surface area contributed by atoms with Crippen molar-refractivity contribution in [2.75, 3.05) is 5.43 Å². The molecule has 0 unspecified atom stereocenters. The average molecular weight is 394 g/mol. The van der Waals surface area contributed by atoms with Gasteiger partial charge in [-0.1, -0.05) is 47.2 Å². The number of benzene rings is 3. The summed E-state index contributed by atoms with van der Waals surface area (Å²) in [5.41, 5.74) is 6.01. The Hall–Kier alpha value is -2.89. The van der Waals surface area contributed by atoms with Crippen LogP contribution in [0.1, 0.15) is 11.1 Å². The van der Waals surface area contributed by atoms with E-state index >= 15 is 0 Å². The molecule has 0 atom stereocenters. The summed E-state index contributed by atoms with van der Waals surface area (Å²) in [5, 5.41) is 5.76. The second kappa shape index (κ2) is 8.20. The fourth-order valence-corrected chi connectivity index (χ4v) is 3.42. The molecular formula is C21H16ClN3OS. The van der Waals surface area contributed by atoms with Gasteiger partial charge in [-0.15, -0.1) is 0 Å². The number of hydrogen-bond donors (Lipinski definition) is 1. The van der Waals surface area contributed by atoms with Gasteiger partial charge in [-0.2, -0.15) is 5.10 Å². The number of aromatic nitrogens is 1. The standard InChI is InChI=1S/C21H16ClN3OS/c22-17-9-5-16(6-10-17)14-26-18-11-7-15(8-12-18)13-23-25-21-24-19-3-1-2-4-20(19)27-21/h1-13H,14H2,(H,24,25)/b23-13-. The number of nitrogens with zero attached hydrogens (tertiary/aromatic N) is 2. The first-order valence-corrected chi connectivity index (χ1v) is 9.58. The zero-order valence-electron chi connectivity index (χ0n) is 14.3. The predicted molar refractivity (Wildman–Crippen MR) is 113 cm³/mol. The Labute approximate surface area is 166 Å². The molecule has 1 aromatic heterocycles. The van der Waals surface area contributed by atoms with E-state index in [1.54, 1.807) is 17.6 Å². The molecule has 0 amide bonds. The average Bonchev–Trinajstić information content (AvgIpc) is 3.11. The summed E-state index contributed by atoms with van der Waals surface area (Å²) >= 11 is 7.46. The second-order valence-electron chi connectivity index (χ2n) is 5.84. The zero-order valence-corrected chi connectivity index (χ0v) is 15.9. The normalized spacial score (nSPS) is 11.1. The number of para-hydroxylation sites is 1. The maximum atomic E-state index is 5.89. The van der Waals surface area contributed by atoms with E-state index in [-0.39, 0.29) is 0 Å². The number of hydrogen-bond acceptors (Lipinski definition) is 5. The highest BCUT2D eigenvalue weighted by Gasteiger charge is 2.01. The van der Waals surface area contributed by atoms with Crippen molar-refractivity contribution in [2.45, 2.75) is 6.61 Å². The van der Waals surface area contributed by atoms with Crippen molar-refractivity contribution in [3.8, 4) is 5.75 Å². The maximum absolute atomic E-state index is 5.89. The molecule has 0 aliphatic rings. The molecule has 3 aromatic carbocycles. The summed E-state index contributed by atoms with van der Waals surface area (Å²) in [6.07, 6.45) is 1.76. The third-order valence-electron chi connectivity index (χ3n) is 3.87. The highest BCUT2D eigenvalue weighted by molar-refractivity contribution is 7.22. The molecule has 134 valence electrons. The van der Waals surface area contributed by atoms with Crippen molar-refractivity contribution in [3.63, 3.8) is 0 Å². The number of halogens is 1. The molecule has 1 N–H and O–H groups in total. The minimum atomic E-state index is 0.504. The smallest absolute Gasteiger partial charge is 0.204 e. The molecule has 4 nitrogen and oxygen atoms in total. The van der Waals surface area contributed by atoms with Crippen LogP contribution in [0.4, 0.5) is 5.13 Å². The summed E-state index contributed by atoms with van der Waals surface area (Å²) in [5.74, 6) is 0.807. The van der Waals surface area contributed by atoms with Gasteiger partial charge < -0.3 is 4.74 Å². The van der Waals surface area contributed by atoms with Crippen LogP contribution in [0.5, 0.6) is 5.75 Å². The van der Waals surface area contributed by atoms with Gasteiger partial charge in [-0.25, -0.2) is 4.98 Å². The van der Waals surface area contributed by atoms with Crippen molar-refractivity contribution in [3.05, 3.63) is 88.9 Å². The van der Waals surface area contributed by atoms with E-state index in [9.17, 15) is 0 Å². The van der Waals surface area contributed by atoms with Crippen molar-refractivity contribution < 1.29 is 4.74 Å².